The van der Waals surface area contributed by atoms with Crippen LogP contribution >= 0.6 is 0 Å². The average molecular weight is 326 g/mol. The number of hydrogen-bond acceptors (Lipinski definition) is 5. The van der Waals surface area contributed by atoms with Crippen LogP contribution in [-0.4, -0.2) is 45.8 Å². The Morgan fingerprint density at radius 2 is 2.12 bits per heavy atom. The molecule has 6 nitrogen and oxygen atoms in total. The maximum absolute atomic E-state index is 13.6. The van der Waals surface area contributed by atoms with E-state index in [4.69, 9.17) is 10.5 Å². The molecule has 0 unspecified atom stereocenters. The van der Waals surface area contributed by atoms with Crippen molar-refractivity contribution in [1.29, 1.82) is 0 Å². The minimum Gasteiger partial charge on any atom is -0.382 e. The normalized spacial score (nSPS) is 15.9. The zero-order chi connectivity index (χ0) is 16.5. The van der Waals surface area contributed by atoms with Crippen molar-refractivity contribution in [3.63, 3.8) is 0 Å². The number of nitrogen functional groups attached to an aromatic ring is 1. The van der Waals surface area contributed by atoms with Crippen LogP contribution in [0.2, 0.25) is 0 Å². The summed E-state index contributed by atoms with van der Waals surface area (Å²) in [6.45, 7) is 3.93. The third-order valence-electron chi connectivity index (χ3n) is 4.22. The van der Waals surface area contributed by atoms with Crippen LogP contribution in [0.3, 0.4) is 0 Å². The van der Waals surface area contributed by atoms with Gasteiger partial charge in [0.05, 0.1) is 18.9 Å². The van der Waals surface area contributed by atoms with Gasteiger partial charge in [0.2, 0.25) is 0 Å². The largest absolute Gasteiger partial charge is 0.382 e. The van der Waals surface area contributed by atoms with Gasteiger partial charge in [-0.25, -0.2) is 13.9 Å². The SMILES string of the molecule is Nc1ncnn2c(CN3CCOCC3)cc(-c3cc[c]c(F)c3)c12. The van der Waals surface area contributed by atoms with E-state index in [1.54, 1.807) is 10.6 Å². The fraction of sp³-hybridized carbons (Fsp3) is 0.294. The second-order valence-electron chi connectivity index (χ2n) is 5.77. The summed E-state index contributed by atoms with van der Waals surface area (Å²) in [6, 6.07) is 9.34. The van der Waals surface area contributed by atoms with Crippen molar-refractivity contribution in [3.8, 4) is 11.1 Å². The van der Waals surface area contributed by atoms with Crippen molar-refractivity contribution in [3.05, 3.63) is 48.2 Å². The zero-order valence-electron chi connectivity index (χ0n) is 13.1. The lowest BCUT2D eigenvalue weighted by molar-refractivity contribution is 0.0334. The fourth-order valence-electron chi connectivity index (χ4n) is 3.06. The lowest BCUT2D eigenvalue weighted by Gasteiger charge is -2.26. The van der Waals surface area contributed by atoms with Crippen LogP contribution in [0.5, 0.6) is 0 Å². The molecule has 2 N–H and O–H groups in total. The van der Waals surface area contributed by atoms with Crippen LogP contribution in [0, 0.1) is 11.9 Å². The Kier molecular flexibility index (Phi) is 3.87. The molecule has 1 fully saturated rings. The van der Waals surface area contributed by atoms with Crippen molar-refractivity contribution in [2.45, 2.75) is 6.54 Å². The summed E-state index contributed by atoms with van der Waals surface area (Å²) >= 11 is 0. The molecular formula is C17H17FN5O. The van der Waals surface area contributed by atoms with Crippen LogP contribution in [-0.2, 0) is 11.3 Å². The maximum atomic E-state index is 13.6. The molecule has 1 aliphatic rings. The molecule has 1 aromatic carbocycles. The number of fused-ring (bicyclic) bond motifs is 1. The quantitative estimate of drug-likeness (QED) is 0.794. The summed E-state index contributed by atoms with van der Waals surface area (Å²) in [4.78, 5) is 6.39. The van der Waals surface area contributed by atoms with Gasteiger partial charge < -0.3 is 10.5 Å². The summed E-state index contributed by atoms with van der Waals surface area (Å²) in [5.74, 6) is -0.0292. The van der Waals surface area contributed by atoms with Gasteiger partial charge in [0.15, 0.2) is 5.82 Å². The molecular weight excluding hydrogens is 309 g/mol. The minimum atomic E-state index is -0.406. The summed E-state index contributed by atoms with van der Waals surface area (Å²) in [7, 11) is 0. The topological polar surface area (TPSA) is 68.7 Å². The van der Waals surface area contributed by atoms with E-state index in [1.165, 1.54) is 12.4 Å². The van der Waals surface area contributed by atoms with E-state index in [1.807, 2.05) is 12.1 Å². The van der Waals surface area contributed by atoms with E-state index in [-0.39, 0.29) is 0 Å². The summed E-state index contributed by atoms with van der Waals surface area (Å²) in [6.07, 6.45) is 1.44. The molecule has 0 aliphatic carbocycles. The minimum absolute atomic E-state index is 0.376. The number of nitrogens with two attached hydrogens (primary N) is 1. The van der Waals surface area contributed by atoms with Crippen LogP contribution in [0.15, 0.2) is 30.6 Å². The van der Waals surface area contributed by atoms with Gasteiger partial charge in [-0.2, -0.15) is 5.10 Å². The predicted molar refractivity (Wildman–Crippen MR) is 87.7 cm³/mol. The standard InChI is InChI=1S/C17H17FN5O/c18-13-3-1-2-12(8-13)15-9-14(10-22-4-6-24-7-5-22)23-16(15)17(19)20-11-21-23/h1-2,8-9,11H,4-7,10H2,(H2,19,20,21). The summed E-state index contributed by atoms with van der Waals surface area (Å²) in [5, 5.41) is 4.34. The van der Waals surface area contributed by atoms with Crippen LogP contribution in [0.4, 0.5) is 10.2 Å². The molecule has 0 spiro atoms. The van der Waals surface area contributed by atoms with Crippen molar-refractivity contribution < 1.29 is 9.13 Å². The maximum Gasteiger partial charge on any atom is 0.151 e. The monoisotopic (exact) mass is 326 g/mol. The Labute approximate surface area is 138 Å². The number of halogens is 1. The van der Waals surface area contributed by atoms with Crippen LogP contribution < -0.4 is 5.73 Å². The second-order valence-corrected chi connectivity index (χ2v) is 5.77. The van der Waals surface area contributed by atoms with Gasteiger partial charge in [-0.05, 0) is 17.7 Å². The van der Waals surface area contributed by atoms with Crippen molar-refractivity contribution >= 4 is 11.3 Å². The molecule has 2 aromatic heterocycles. The first-order chi connectivity index (χ1) is 11.7. The first-order valence-electron chi connectivity index (χ1n) is 7.81. The first kappa shape index (κ1) is 15.0. The highest BCUT2D eigenvalue weighted by Gasteiger charge is 2.18. The predicted octanol–water partition coefficient (Wildman–Crippen LogP) is 1.75. The molecule has 24 heavy (non-hydrogen) atoms. The third-order valence-corrected chi connectivity index (χ3v) is 4.22. The summed E-state index contributed by atoms with van der Waals surface area (Å²) < 4.78 is 20.8. The van der Waals surface area contributed by atoms with Crippen molar-refractivity contribution in [2.24, 2.45) is 0 Å². The van der Waals surface area contributed by atoms with Gasteiger partial charge in [-0.3, -0.25) is 4.90 Å². The zero-order valence-corrected chi connectivity index (χ0v) is 13.1. The number of rotatable bonds is 3. The number of benzene rings is 1. The molecule has 0 amide bonds. The van der Waals surface area contributed by atoms with Crippen molar-refractivity contribution in [1.82, 2.24) is 19.5 Å². The van der Waals surface area contributed by atoms with Gasteiger partial charge in [0, 0.05) is 31.3 Å². The van der Waals surface area contributed by atoms with E-state index in [0.29, 0.717) is 11.3 Å². The van der Waals surface area contributed by atoms with Gasteiger partial charge in [0.25, 0.3) is 0 Å². The Morgan fingerprint density at radius 1 is 1.29 bits per heavy atom. The van der Waals surface area contributed by atoms with E-state index >= 15 is 0 Å². The number of aromatic nitrogens is 3. The lowest BCUT2D eigenvalue weighted by atomic mass is 10.1. The van der Waals surface area contributed by atoms with Gasteiger partial charge >= 0.3 is 0 Å². The third kappa shape index (κ3) is 2.72. The Balaban J connectivity index is 1.82. The number of morpholine rings is 1. The van der Waals surface area contributed by atoms with Crippen LogP contribution in [0.1, 0.15) is 5.69 Å². The highest BCUT2D eigenvalue weighted by Crippen LogP contribution is 2.31. The molecule has 1 saturated heterocycles. The van der Waals surface area contributed by atoms with E-state index in [9.17, 15) is 4.39 Å². The number of hydrogen-bond donors (Lipinski definition) is 1. The Hall–Kier alpha value is -2.51. The molecule has 1 radical (unpaired) electrons. The molecule has 3 aromatic rings. The smallest absolute Gasteiger partial charge is 0.151 e. The van der Waals surface area contributed by atoms with Gasteiger partial charge in [-0.15, -0.1) is 0 Å². The molecule has 0 atom stereocenters. The highest BCUT2D eigenvalue weighted by atomic mass is 19.1. The van der Waals surface area contributed by atoms with Gasteiger partial charge in [0.1, 0.15) is 17.7 Å². The molecule has 123 valence electrons. The molecule has 4 rings (SSSR count). The molecule has 1 aliphatic heterocycles. The molecule has 0 bridgehead atoms. The van der Waals surface area contributed by atoms with E-state index < -0.39 is 5.82 Å². The van der Waals surface area contributed by atoms with E-state index in [2.05, 4.69) is 21.0 Å². The number of nitrogens with zero attached hydrogens (tertiary/aromatic N) is 4. The second kappa shape index (κ2) is 6.18. The molecule has 0 saturated carbocycles. The number of ether oxygens (including phenoxy) is 1. The Morgan fingerprint density at radius 3 is 2.92 bits per heavy atom. The number of anilines is 1. The summed E-state index contributed by atoms with van der Waals surface area (Å²) in [5.41, 5.74) is 9.32. The van der Waals surface area contributed by atoms with E-state index in [0.717, 1.165) is 49.7 Å². The van der Waals surface area contributed by atoms with Crippen LogP contribution in [0.25, 0.3) is 16.6 Å². The fourth-order valence-corrected chi connectivity index (χ4v) is 3.06. The molecule has 3 heterocycles. The highest BCUT2D eigenvalue weighted by molar-refractivity contribution is 5.88. The lowest BCUT2D eigenvalue weighted by Crippen LogP contribution is -2.36. The average Bonchev–Trinajstić information content (AvgIpc) is 2.96. The first-order valence-corrected chi connectivity index (χ1v) is 7.81. The van der Waals surface area contributed by atoms with Gasteiger partial charge in [-0.1, -0.05) is 12.1 Å². The molecule has 7 heteroatoms. The van der Waals surface area contributed by atoms with Crippen molar-refractivity contribution in [2.75, 3.05) is 32.0 Å². The Bertz CT molecular complexity index is 873.